The van der Waals surface area contributed by atoms with Crippen LogP contribution in [0.4, 0.5) is 5.69 Å². The Balaban J connectivity index is 1.76. The molecule has 0 aromatic heterocycles. The second kappa shape index (κ2) is 5.95. The van der Waals surface area contributed by atoms with Crippen LogP contribution in [0.25, 0.3) is 0 Å². The largest absolute Gasteiger partial charge is 0.370 e. The molecule has 0 radical (unpaired) electrons. The predicted molar refractivity (Wildman–Crippen MR) is 86.5 cm³/mol. The molecule has 3 rings (SSSR count). The molecule has 2 nitrogen and oxygen atoms in total. The van der Waals surface area contributed by atoms with Crippen molar-refractivity contribution >= 4 is 17.3 Å². The van der Waals surface area contributed by atoms with Gasteiger partial charge in [0, 0.05) is 25.7 Å². The van der Waals surface area contributed by atoms with E-state index in [-0.39, 0.29) is 0 Å². The Morgan fingerprint density at radius 3 is 2.75 bits per heavy atom. The number of hydrogen-bond acceptors (Lipinski definition) is 2. The summed E-state index contributed by atoms with van der Waals surface area (Å²) in [5, 5.41) is 4.52. The van der Waals surface area contributed by atoms with Crippen LogP contribution in [0.3, 0.4) is 0 Å². The van der Waals surface area contributed by atoms with Crippen LogP contribution in [0.2, 0.25) is 5.02 Å². The van der Waals surface area contributed by atoms with Crippen LogP contribution >= 0.6 is 11.6 Å². The van der Waals surface area contributed by atoms with Gasteiger partial charge in [0.05, 0.1) is 10.7 Å². The molecule has 1 heterocycles. The lowest BCUT2D eigenvalue weighted by atomic mass is 9.95. The van der Waals surface area contributed by atoms with Crippen LogP contribution in [0.5, 0.6) is 0 Å². The molecule has 3 heteroatoms. The van der Waals surface area contributed by atoms with Crippen LogP contribution in [-0.4, -0.2) is 19.1 Å². The standard InChI is InChI=1S/C17H25ClN2/c1-12(2)14-8-9-20(11-14)17-13(4-3-5-16(17)18)10-19-15-6-7-15/h3-5,12,14-15,19H,6-11H2,1-2H3. The summed E-state index contributed by atoms with van der Waals surface area (Å²) in [7, 11) is 0. The maximum absolute atomic E-state index is 6.50. The molecule has 1 aromatic carbocycles. The summed E-state index contributed by atoms with van der Waals surface area (Å²) in [6.45, 7) is 7.90. The molecule has 1 saturated heterocycles. The average Bonchev–Trinajstić information content (AvgIpc) is 3.12. The van der Waals surface area contributed by atoms with E-state index < -0.39 is 0 Å². The van der Waals surface area contributed by atoms with Gasteiger partial charge in [-0.3, -0.25) is 0 Å². The predicted octanol–water partition coefficient (Wildman–Crippen LogP) is 4.07. The zero-order valence-electron chi connectivity index (χ0n) is 12.5. The van der Waals surface area contributed by atoms with E-state index in [1.807, 2.05) is 6.07 Å². The Morgan fingerprint density at radius 2 is 2.10 bits per heavy atom. The van der Waals surface area contributed by atoms with Gasteiger partial charge in [-0.05, 0) is 42.7 Å². The van der Waals surface area contributed by atoms with E-state index in [9.17, 15) is 0 Å². The molecule has 2 aliphatic rings. The highest BCUT2D eigenvalue weighted by molar-refractivity contribution is 6.33. The Labute approximate surface area is 127 Å². The first-order chi connectivity index (χ1) is 9.65. The van der Waals surface area contributed by atoms with Crippen molar-refractivity contribution in [1.29, 1.82) is 0 Å². The van der Waals surface area contributed by atoms with E-state index in [2.05, 4.69) is 36.2 Å². The van der Waals surface area contributed by atoms with Gasteiger partial charge in [0.15, 0.2) is 0 Å². The summed E-state index contributed by atoms with van der Waals surface area (Å²) < 4.78 is 0. The van der Waals surface area contributed by atoms with Crippen molar-refractivity contribution in [3.63, 3.8) is 0 Å². The minimum Gasteiger partial charge on any atom is -0.370 e. The third-order valence-corrected chi connectivity index (χ3v) is 5.02. The molecule has 110 valence electrons. The van der Waals surface area contributed by atoms with Gasteiger partial charge in [-0.25, -0.2) is 0 Å². The summed E-state index contributed by atoms with van der Waals surface area (Å²) in [5.74, 6) is 1.56. The lowest BCUT2D eigenvalue weighted by molar-refractivity contribution is 0.422. The minimum atomic E-state index is 0.740. The first kappa shape index (κ1) is 14.2. The molecule has 1 atom stereocenters. The van der Waals surface area contributed by atoms with Crippen molar-refractivity contribution in [2.75, 3.05) is 18.0 Å². The van der Waals surface area contributed by atoms with E-state index in [1.54, 1.807) is 0 Å². The average molecular weight is 293 g/mol. The Kier molecular flexibility index (Phi) is 4.23. The Hall–Kier alpha value is -0.730. The lowest BCUT2D eigenvalue weighted by Gasteiger charge is -2.24. The first-order valence-corrected chi connectivity index (χ1v) is 8.28. The van der Waals surface area contributed by atoms with Crippen LogP contribution in [0, 0.1) is 11.8 Å². The minimum absolute atomic E-state index is 0.740. The molecule has 1 aliphatic carbocycles. The maximum Gasteiger partial charge on any atom is 0.0642 e. The van der Waals surface area contributed by atoms with Crippen molar-refractivity contribution < 1.29 is 0 Å². The molecule has 0 spiro atoms. The second-order valence-corrected chi connectivity index (χ2v) is 7.05. The topological polar surface area (TPSA) is 15.3 Å². The molecule has 1 unspecified atom stereocenters. The first-order valence-electron chi connectivity index (χ1n) is 7.91. The van der Waals surface area contributed by atoms with Gasteiger partial charge in [0.2, 0.25) is 0 Å². The van der Waals surface area contributed by atoms with Gasteiger partial charge >= 0.3 is 0 Å². The maximum atomic E-state index is 6.50. The summed E-state index contributed by atoms with van der Waals surface area (Å²) in [5.41, 5.74) is 2.62. The number of hydrogen-bond donors (Lipinski definition) is 1. The fourth-order valence-electron chi connectivity index (χ4n) is 3.13. The number of rotatable bonds is 5. The normalized spacial score (nSPS) is 22.8. The smallest absolute Gasteiger partial charge is 0.0642 e. The highest BCUT2D eigenvalue weighted by atomic mass is 35.5. The highest BCUT2D eigenvalue weighted by Gasteiger charge is 2.28. The number of anilines is 1. The number of nitrogens with one attached hydrogen (secondary N) is 1. The highest BCUT2D eigenvalue weighted by Crippen LogP contribution is 2.35. The lowest BCUT2D eigenvalue weighted by Crippen LogP contribution is -2.24. The van der Waals surface area contributed by atoms with Crippen LogP contribution in [0.1, 0.15) is 38.7 Å². The molecular formula is C17H25ClN2. The van der Waals surface area contributed by atoms with Crippen molar-refractivity contribution in [3.8, 4) is 0 Å². The van der Waals surface area contributed by atoms with Crippen molar-refractivity contribution in [3.05, 3.63) is 28.8 Å². The summed E-state index contributed by atoms with van der Waals surface area (Å²) in [4.78, 5) is 2.50. The molecule has 2 fully saturated rings. The van der Waals surface area contributed by atoms with Crippen molar-refractivity contribution in [1.82, 2.24) is 5.32 Å². The molecule has 0 amide bonds. The molecule has 1 saturated carbocycles. The number of para-hydroxylation sites is 1. The SMILES string of the molecule is CC(C)C1CCN(c2c(Cl)cccc2CNC2CC2)C1. The molecule has 0 bridgehead atoms. The Morgan fingerprint density at radius 1 is 1.30 bits per heavy atom. The quantitative estimate of drug-likeness (QED) is 0.880. The summed E-state index contributed by atoms with van der Waals surface area (Å²) in [6.07, 6.45) is 3.95. The molecule has 20 heavy (non-hydrogen) atoms. The zero-order chi connectivity index (χ0) is 14.1. The van der Waals surface area contributed by atoms with Crippen molar-refractivity contribution in [2.24, 2.45) is 11.8 Å². The summed E-state index contributed by atoms with van der Waals surface area (Å²) in [6, 6.07) is 7.06. The zero-order valence-corrected chi connectivity index (χ0v) is 13.3. The fourth-order valence-corrected chi connectivity index (χ4v) is 3.45. The van der Waals surface area contributed by atoms with Crippen LogP contribution in [0.15, 0.2) is 18.2 Å². The van der Waals surface area contributed by atoms with Crippen LogP contribution in [-0.2, 0) is 6.54 Å². The molecule has 1 aromatic rings. The molecule has 1 aliphatic heterocycles. The fraction of sp³-hybridized carbons (Fsp3) is 0.647. The third-order valence-electron chi connectivity index (χ3n) is 4.71. The van der Waals surface area contributed by atoms with Gasteiger partial charge < -0.3 is 10.2 Å². The Bertz CT molecular complexity index is 468. The van der Waals surface area contributed by atoms with Gasteiger partial charge in [-0.1, -0.05) is 37.6 Å². The molecular weight excluding hydrogens is 268 g/mol. The molecule has 1 N–H and O–H groups in total. The van der Waals surface area contributed by atoms with Crippen molar-refractivity contribution in [2.45, 2.75) is 45.7 Å². The number of nitrogens with zero attached hydrogens (tertiary/aromatic N) is 1. The van der Waals surface area contributed by atoms with E-state index >= 15 is 0 Å². The number of benzene rings is 1. The van der Waals surface area contributed by atoms with E-state index in [0.717, 1.165) is 42.5 Å². The van der Waals surface area contributed by atoms with Gasteiger partial charge in [0.25, 0.3) is 0 Å². The van der Waals surface area contributed by atoms with Gasteiger partial charge in [0.1, 0.15) is 0 Å². The van der Waals surface area contributed by atoms with Gasteiger partial charge in [-0.2, -0.15) is 0 Å². The second-order valence-electron chi connectivity index (χ2n) is 6.64. The van der Waals surface area contributed by atoms with E-state index in [1.165, 1.54) is 30.5 Å². The van der Waals surface area contributed by atoms with E-state index in [4.69, 9.17) is 11.6 Å². The van der Waals surface area contributed by atoms with Crippen LogP contribution < -0.4 is 10.2 Å². The van der Waals surface area contributed by atoms with Gasteiger partial charge in [-0.15, -0.1) is 0 Å². The van der Waals surface area contributed by atoms with E-state index in [0.29, 0.717) is 0 Å². The summed E-state index contributed by atoms with van der Waals surface area (Å²) >= 11 is 6.50. The number of halogens is 1. The third kappa shape index (κ3) is 3.12. The monoisotopic (exact) mass is 292 g/mol.